The quantitative estimate of drug-likeness (QED) is 0.634. The Morgan fingerprint density at radius 2 is 1.86 bits per heavy atom. The van der Waals surface area contributed by atoms with Crippen molar-refractivity contribution in [2.45, 2.75) is 6.42 Å². The van der Waals surface area contributed by atoms with Gasteiger partial charge in [0.25, 0.3) is 0 Å². The van der Waals surface area contributed by atoms with Crippen LogP contribution in [0.5, 0.6) is 11.5 Å². The maximum Gasteiger partial charge on any atom is 0.340 e. The lowest BCUT2D eigenvalue weighted by molar-refractivity contribution is 0.0601. The van der Waals surface area contributed by atoms with E-state index >= 15 is 0 Å². The Hall–Kier alpha value is -3.19. The van der Waals surface area contributed by atoms with Gasteiger partial charge in [0.2, 0.25) is 0 Å². The van der Waals surface area contributed by atoms with E-state index in [1.54, 1.807) is 6.07 Å². The summed E-state index contributed by atoms with van der Waals surface area (Å²) in [6.07, 6.45) is 1.32. The standard InChI is InChI=1S/C15H15N3O4/c1-20-13-6-11(15(19)22-3)12(7-14(13)21-2)18-9-10(8-17)4-5-16/h6-7,9,18H,4H2,1-3H3. The Balaban J connectivity index is 3.29. The second kappa shape index (κ2) is 8.18. The number of nitrogens with one attached hydrogen (secondary N) is 1. The molecule has 0 atom stereocenters. The van der Waals surface area contributed by atoms with Crippen molar-refractivity contribution < 1.29 is 19.0 Å². The van der Waals surface area contributed by atoms with Crippen LogP contribution in [0.3, 0.4) is 0 Å². The average Bonchev–Trinajstić information content (AvgIpc) is 2.56. The summed E-state index contributed by atoms with van der Waals surface area (Å²) in [7, 11) is 4.17. The van der Waals surface area contributed by atoms with Crippen molar-refractivity contribution in [3.8, 4) is 23.6 Å². The van der Waals surface area contributed by atoms with Crippen molar-refractivity contribution in [1.29, 1.82) is 10.5 Å². The smallest absolute Gasteiger partial charge is 0.340 e. The van der Waals surface area contributed by atoms with Crippen LogP contribution in [0.2, 0.25) is 0 Å². The number of rotatable bonds is 6. The van der Waals surface area contributed by atoms with Gasteiger partial charge in [0.05, 0.1) is 56.7 Å². The molecule has 1 rings (SSSR count). The summed E-state index contributed by atoms with van der Waals surface area (Å²) in [5.41, 5.74) is 0.814. The van der Waals surface area contributed by atoms with Gasteiger partial charge in [-0.1, -0.05) is 0 Å². The number of allylic oxidation sites excluding steroid dienone is 1. The number of nitriles is 2. The molecule has 0 aromatic heterocycles. The first kappa shape index (κ1) is 16.9. The zero-order valence-corrected chi connectivity index (χ0v) is 12.5. The molecule has 0 amide bonds. The SMILES string of the molecule is COC(=O)c1cc(OC)c(OC)cc1NC=C(C#N)CC#N. The van der Waals surface area contributed by atoms with Gasteiger partial charge in [-0.05, 0) is 0 Å². The van der Waals surface area contributed by atoms with Crippen LogP contribution in [0.25, 0.3) is 0 Å². The van der Waals surface area contributed by atoms with Gasteiger partial charge in [-0.25, -0.2) is 4.79 Å². The summed E-state index contributed by atoms with van der Waals surface area (Å²) in [6.45, 7) is 0. The highest BCUT2D eigenvalue weighted by Crippen LogP contribution is 2.33. The van der Waals surface area contributed by atoms with E-state index in [1.807, 2.05) is 12.1 Å². The molecule has 0 aliphatic carbocycles. The molecule has 0 heterocycles. The minimum atomic E-state index is -0.573. The highest BCUT2D eigenvalue weighted by Gasteiger charge is 2.17. The van der Waals surface area contributed by atoms with Crippen LogP contribution in [0.15, 0.2) is 23.9 Å². The zero-order chi connectivity index (χ0) is 16.5. The van der Waals surface area contributed by atoms with Crippen molar-refractivity contribution in [1.82, 2.24) is 0 Å². The number of methoxy groups -OCH3 is 3. The molecular weight excluding hydrogens is 286 g/mol. The van der Waals surface area contributed by atoms with Gasteiger partial charge in [-0.2, -0.15) is 10.5 Å². The summed E-state index contributed by atoms with van der Waals surface area (Å²) < 4.78 is 15.0. The predicted octanol–water partition coefficient (Wildman–Crippen LogP) is 2.22. The van der Waals surface area contributed by atoms with Gasteiger partial charge < -0.3 is 19.5 Å². The number of nitrogens with zero attached hydrogens (tertiary/aromatic N) is 2. The van der Waals surface area contributed by atoms with Crippen molar-refractivity contribution >= 4 is 11.7 Å². The van der Waals surface area contributed by atoms with E-state index in [0.29, 0.717) is 17.2 Å². The van der Waals surface area contributed by atoms with Crippen molar-refractivity contribution in [2.75, 3.05) is 26.6 Å². The second-order valence-electron chi connectivity index (χ2n) is 4.00. The largest absolute Gasteiger partial charge is 0.493 e. The lowest BCUT2D eigenvalue weighted by atomic mass is 10.1. The molecule has 0 aliphatic rings. The first-order valence-electron chi connectivity index (χ1n) is 6.18. The average molecular weight is 301 g/mol. The molecular formula is C15H15N3O4. The first-order valence-corrected chi connectivity index (χ1v) is 6.18. The Morgan fingerprint density at radius 3 is 2.36 bits per heavy atom. The number of anilines is 1. The first-order chi connectivity index (χ1) is 10.6. The van der Waals surface area contributed by atoms with Gasteiger partial charge in [-0.3, -0.25) is 0 Å². The molecule has 1 N–H and O–H groups in total. The topological polar surface area (TPSA) is 104 Å². The third-order valence-electron chi connectivity index (χ3n) is 2.74. The molecule has 7 heteroatoms. The fourth-order valence-electron chi connectivity index (χ4n) is 1.65. The van der Waals surface area contributed by atoms with Crippen LogP contribution < -0.4 is 14.8 Å². The highest BCUT2D eigenvalue weighted by atomic mass is 16.5. The van der Waals surface area contributed by atoms with E-state index in [-0.39, 0.29) is 17.6 Å². The van der Waals surface area contributed by atoms with Gasteiger partial charge in [0, 0.05) is 18.3 Å². The van der Waals surface area contributed by atoms with Gasteiger partial charge in [0.1, 0.15) is 0 Å². The maximum absolute atomic E-state index is 11.8. The molecule has 22 heavy (non-hydrogen) atoms. The zero-order valence-electron chi connectivity index (χ0n) is 12.5. The van der Waals surface area contributed by atoms with Crippen LogP contribution in [0, 0.1) is 22.7 Å². The molecule has 0 saturated heterocycles. The lowest BCUT2D eigenvalue weighted by Crippen LogP contribution is -2.07. The number of hydrogen-bond donors (Lipinski definition) is 1. The number of benzene rings is 1. The third-order valence-corrected chi connectivity index (χ3v) is 2.74. The molecule has 0 saturated carbocycles. The molecule has 0 unspecified atom stereocenters. The predicted molar refractivity (Wildman–Crippen MR) is 78.4 cm³/mol. The van der Waals surface area contributed by atoms with Crippen LogP contribution in [-0.2, 0) is 4.74 Å². The van der Waals surface area contributed by atoms with Crippen LogP contribution in [0.1, 0.15) is 16.8 Å². The van der Waals surface area contributed by atoms with E-state index in [0.717, 1.165) is 0 Å². The molecule has 114 valence electrons. The number of esters is 1. The number of hydrogen-bond acceptors (Lipinski definition) is 7. The van der Waals surface area contributed by atoms with Crippen LogP contribution >= 0.6 is 0 Å². The molecule has 1 aromatic carbocycles. The second-order valence-corrected chi connectivity index (χ2v) is 4.00. The molecule has 0 bridgehead atoms. The molecule has 0 radical (unpaired) electrons. The van der Waals surface area contributed by atoms with E-state index in [9.17, 15) is 4.79 Å². The lowest BCUT2D eigenvalue weighted by Gasteiger charge is -2.13. The van der Waals surface area contributed by atoms with Crippen molar-refractivity contribution in [3.63, 3.8) is 0 Å². The van der Waals surface area contributed by atoms with Gasteiger partial charge >= 0.3 is 5.97 Å². The summed E-state index contributed by atoms with van der Waals surface area (Å²) in [4.78, 5) is 11.8. The molecule has 1 aromatic rings. The third kappa shape index (κ3) is 3.90. The number of carbonyl (C=O) groups is 1. The van der Waals surface area contributed by atoms with E-state index in [2.05, 4.69) is 5.32 Å². The minimum absolute atomic E-state index is 0.0374. The van der Waals surface area contributed by atoms with Gasteiger partial charge in [-0.15, -0.1) is 0 Å². The molecule has 0 spiro atoms. The fourth-order valence-corrected chi connectivity index (χ4v) is 1.65. The Kier molecular flexibility index (Phi) is 6.27. The van der Waals surface area contributed by atoms with E-state index in [4.69, 9.17) is 24.7 Å². The van der Waals surface area contributed by atoms with Crippen molar-refractivity contribution in [2.24, 2.45) is 0 Å². The Labute approximate surface area is 128 Å². The number of carbonyl (C=O) groups excluding carboxylic acids is 1. The normalized spacial score (nSPS) is 10.1. The Morgan fingerprint density at radius 1 is 1.23 bits per heavy atom. The summed E-state index contributed by atoms with van der Waals surface area (Å²) >= 11 is 0. The van der Waals surface area contributed by atoms with E-state index < -0.39 is 5.97 Å². The highest BCUT2D eigenvalue weighted by molar-refractivity contribution is 5.97. The fraction of sp³-hybridized carbons (Fsp3) is 0.267. The number of ether oxygens (including phenoxy) is 3. The van der Waals surface area contributed by atoms with Crippen LogP contribution in [0.4, 0.5) is 5.69 Å². The summed E-state index contributed by atoms with van der Waals surface area (Å²) in [5.74, 6) is 0.204. The molecule has 0 fully saturated rings. The van der Waals surface area contributed by atoms with Gasteiger partial charge in [0.15, 0.2) is 11.5 Å². The maximum atomic E-state index is 11.8. The van der Waals surface area contributed by atoms with Crippen molar-refractivity contribution in [3.05, 3.63) is 29.5 Å². The summed E-state index contributed by atoms with van der Waals surface area (Å²) in [6, 6.07) is 6.78. The Bertz CT molecular complexity index is 669. The molecule has 0 aliphatic heterocycles. The van der Waals surface area contributed by atoms with E-state index in [1.165, 1.54) is 33.6 Å². The minimum Gasteiger partial charge on any atom is -0.493 e. The van der Waals surface area contributed by atoms with Crippen LogP contribution in [-0.4, -0.2) is 27.3 Å². The monoisotopic (exact) mass is 301 g/mol. The summed E-state index contributed by atoms with van der Waals surface area (Å²) in [5, 5.41) is 20.3. The molecule has 7 nitrogen and oxygen atoms in total.